The Labute approximate surface area is 99.2 Å². The number of aliphatic carboxylic acids is 1. The maximum atomic E-state index is 11.0. The van der Waals surface area contributed by atoms with Crippen LogP contribution in [0.5, 0.6) is 0 Å². The van der Waals surface area contributed by atoms with Crippen LogP contribution in [0.15, 0.2) is 18.2 Å². The van der Waals surface area contributed by atoms with Crippen molar-refractivity contribution in [1.29, 1.82) is 0 Å². The maximum absolute atomic E-state index is 11.0. The number of rotatable bonds is 4. The van der Waals surface area contributed by atoms with E-state index in [4.69, 9.17) is 22.4 Å². The van der Waals surface area contributed by atoms with E-state index in [0.717, 1.165) is 5.56 Å². The number of hydrogen-bond donors (Lipinski definition) is 2. The summed E-state index contributed by atoms with van der Waals surface area (Å²) in [5.41, 5.74) is 7.26. The second-order valence-electron chi connectivity index (χ2n) is 4.18. The molecule has 3 N–H and O–H groups in total. The zero-order valence-corrected chi connectivity index (χ0v) is 9.57. The van der Waals surface area contributed by atoms with Gasteiger partial charge in [-0.1, -0.05) is 23.7 Å². The second-order valence-corrected chi connectivity index (χ2v) is 4.59. The van der Waals surface area contributed by atoms with E-state index in [2.05, 4.69) is 0 Å². The van der Waals surface area contributed by atoms with Crippen LogP contribution in [-0.4, -0.2) is 17.6 Å². The Bertz CT molecular complexity index is 415. The molecule has 86 valence electrons. The predicted octanol–water partition coefficient (Wildman–Crippen LogP) is 2.34. The van der Waals surface area contributed by atoms with Crippen LogP contribution in [0.4, 0.5) is 0 Å². The van der Waals surface area contributed by atoms with Crippen LogP contribution in [0, 0.1) is 0 Å². The lowest BCUT2D eigenvalue weighted by molar-refractivity contribution is -0.138. The molecule has 1 atom stereocenters. The normalized spacial score (nSPS) is 17.1. The molecule has 1 aliphatic rings. The standard InChI is InChI=1S/C12H14ClNO2/c13-11-5-8(10(6-14)12(15)16)3-4-9(11)7-1-2-7/h3-5,7,10H,1-2,6,14H2,(H,15,16). The fourth-order valence-corrected chi connectivity index (χ4v) is 2.21. The predicted molar refractivity (Wildman–Crippen MR) is 62.9 cm³/mol. The molecule has 1 aromatic rings. The third-order valence-electron chi connectivity index (χ3n) is 2.98. The van der Waals surface area contributed by atoms with Crippen LogP contribution in [0.1, 0.15) is 35.8 Å². The fraction of sp³-hybridized carbons (Fsp3) is 0.417. The van der Waals surface area contributed by atoms with Crippen molar-refractivity contribution in [1.82, 2.24) is 0 Å². The maximum Gasteiger partial charge on any atom is 0.312 e. The Balaban J connectivity index is 2.28. The number of carboxylic acids is 1. The number of carboxylic acid groups (broad SMARTS) is 1. The van der Waals surface area contributed by atoms with Gasteiger partial charge in [-0.15, -0.1) is 0 Å². The first kappa shape index (κ1) is 11.4. The highest BCUT2D eigenvalue weighted by atomic mass is 35.5. The number of carbonyl (C=O) groups is 1. The molecule has 16 heavy (non-hydrogen) atoms. The van der Waals surface area contributed by atoms with Gasteiger partial charge in [0.05, 0.1) is 5.92 Å². The molecule has 4 heteroatoms. The van der Waals surface area contributed by atoms with E-state index < -0.39 is 11.9 Å². The van der Waals surface area contributed by atoms with Crippen LogP contribution in [0.2, 0.25) is 5.02 Å². The van der Waals surface area contributed by atoms with Crippen molar-refractivity contribution < 1.29 is 9.90 Å². The van der Waals surface area contributed by atoms with E-state index in [0.29, 0.717) is 16.5 Å². The summed E-state index contributed by atoms with van der Waals surface area (Å²) in [7, 11) is 0. The molecule has 0 amide bonds. The summed E-state index contributed by atoms with van der Waals surface area (Å²) in [4.78, 5) is 11.0. The minimum atomic E-state index is -0.905. The van der Waals surface area contributed by atoms with E-state index in [1.165, 1.54) is 12.8 Å². The topological polar surface area (TPSA) is 63.3 Å². The van der Waals surface area contributed by atoms with Crippen molar-refractivity contribution in [3.63, 3.8) is 0 Å². The monoisotopic (exact) mass is 239 g/mol. The first-order valence-electron chi connectivity index (χ1n) is 5.35. The van der Waals surface area contributed by atoms with E-state index >= 15 is 0 Å². The van der Waals surface area contributed by atoms with Crippen molar-refractivity contribution in [2.24, 2.45) is 5.73 Å². The Morgan fingerprint density at radius 2 is 2.25 bits per heavy atom. The molecule has 0 saturated heterocycles. The summed E-state index contributed by atoms with van der Waals surface area (Å²) in [6, 6.07) is 5.49. The number of halogens is 1. The zero-order chi connectivity index (χ0) is 11.7. The van der Waals surface area contributed by atoms with Gasteiger partial charge in [0.2, 0.25) is 0 Å². The van der Waals surface area contributed by atoms with Crippen molar-refractivity contribution in [2.45, 2.75) is 24.7 Å². The van der Waals surface area contributed by atoms with Gasteiger partial charge in [0.1, 0.15) is 0 Å². The summed E-state index contributed by atoms with van der Waals surface area (Å²) in [5, 5.41) is 9.65. The van der Waals surface area contributed by atoms with E-state index in [1.807, 2.05) is 12.1 Å². The van der Waals surface area contributed by atoms with Crippen molar-refractivity contribution >= 4 is 17.6 Å². The highest BCUT2D eigenvalue weighted by Gasteiger charge is 2.27. The first-order chi connectivity index (χ1) is 7.63. The van der Waals surface area contributed by atoms with E-state index in [1.54, 1.807) is 6.07 Å². The fourth-order valence-electron chi connectivity index (χ4n) is 1.87. The van der Waals surface area contributed by atoms with Crippen molar-refractivity contribution in [2.75, 3.05) is 6.54 Å². The Hall–Kier alpha value is -1.06. The van der Waals surface area contributed by atoms with E-state index in [-0.39, 0.29) is 6.54 Å². The molecular formula is C12H14ClNO2. The minimum Gasteiger partial charge on any atom is -0.481 e. The lowest BCUT2D eigenvalue weighted by atomic mass is 9.97. The molecule has 0 bridgehead atoms. The first-order valence-corrected chi connectivity index (χ1v) is 5.73. The number of benzene rings is 1. The summed E-state index contributed by atoms with van der Waals surface area (Å²) in [5.74, 6) is -0.994. The minimum absolute atomic E-state index is 0.0917. The Kier molecular flexibility index (Phi) is 3.17. The van der Waals surface area contributed by atoms with Crippen molar-refractivity contribution in [3.8, 4) is 0 Å². The molecule has 0 spiro atoms. The average molecular weight is 240 g/mol. The lowest BCUT2D eigenvalue weighted by Crippen LogP contribution is -2.21. The van der Waals surface area contributed by atoms with Gasteiger partial charge in [-0.05, 0) is 36.0 Å². The molecule has 1 saturated carbocycles. The van der Waals surface area contributed by atoms with Gasteiger partial charge in [-0.3, -0.25) is 4.79 Å². The molecule has 0 aliphatic heterocycles. The van der Waals surface area contributed by atoms with Crippen LogP contribution < -0.4 is 5.73 Å². The average Bonchev–Trinajstić information content (AvgIpc) is 3.02. The van der Waals surface area contributed by atoms with Gasteiger partial charge >= 0.3 is 5.97 Å². The van der Waals surface area contributed by atoms with Crippen LogP contribution in [0.25, 0.3) is 0 Å². The molecule has 1 aromatic carbocycles. The Morgan fingerprint density at radius 1 is 1.56 bits per heavy atom. The van der Waals surface area contributed by atoms with Gasteiger partial charge < -0.3 is 10.8 Å². The number of hydrogen-bond acceptors (Lipinski definition) is 2. The Morgan fingerprint density at radius 3 is 2.69 bits per heavy atom. The van der Waals surface area contributed by atoms with Gasteiger partial charge in [-0.2, -0.15) is 0 Å². The van der Waals surface area contributed by atoms with Gasteiger partial charge in [-0.25, -0.2) is 0 Å². The molecule has 1 aliphatic carbocycles. The second kappa shape index (κ2) is 4.44. The zero-order valence-electron chi connectivity index (χ0n) is 8.82. The van der Waals surface area contributed by atoms with Crippen LogP contribution in [0.3, 0.4) is 0 Å². The van der Waals surface area contributed by atoms with Crippen LogP contribution >= 0.6 is 11.6 Å². The third kappa shape index (κ3) is 2.20. The molecule has 0 radical (unpaired) electrons. The molecule has 3 nitrogen and oxygen atoms in total. The summed E-state index contributed by atoms with van der Waals surface area (Å²) >= 11 is 6.14. The molecule has 0 aromatic heterocycles. The van der Waals surface area contributed by atoms with Crippen molar-refractivity contribution in [3.05, 3.63) is 34.3 Å². The molecule has 1 unspecified atom stereocenters. The molecular weight excluding hydrogens is 226 g/mol. The van der Waals surface area contributed by atoms with Crippen LogP contribution in [-0.2, 0) is 4.79 Å². The highest BCUT2D eigenvalue weighted by Crippen LogP contribution is 2.43. The molecule has 0 heterocycles. The largest absolute Gasteiger partial charge is 0.481 e. The van der Waals surface area contributed by atoms with E-state index in [9.17, 15) is 4.79 Å². The lowest BCUT2D eigenvalue weighted by Gasteiger charge is -2.12. The summed E-state index contributed by atoms with van der Waals surface area (Å²) in [6.07, 6.45) is 2.36. The SMILES string of the molecule is NCC(C(=O)O)c1ccc(C2CC2)c(Cl)c1. The quantitative estimate of drug-likeness (QED) is 0.848. The summed E-state index contributed by atoms with van der Waals surface area (Å²) < 4.78 is 0. The molecule has 2 rings (SSSR count). The van der Waals surface area contributed by atoms with Gasteiger partial charge in [0.15, 0.2) is 0 Å². The van der Waals surface area contributed by atoms with Gasteiger partial charge in [0, 0.05) is 11.6 Å². The van der Waals surface area contributed by atoms with Gasteiger partial charge in [0.25, 0.3) is 0 Å². The smallest absolute Gasteiger partial charge is 0.312 e. The highest BCUT2D eigenvalue weighted by molar-refractivity contribution is 6.31. The number of nitrogens with two attached hydrogens (primary N) is 1. The summed E-state index contributed by atoms with van der Waals surface area (Å²) in [6.45, 7) is 0.0917. The molecule has 1 fully saturated rings. The third-order valence-corrected chi connectivity index (χ3v) is 3.31.